The quantitative estimate of drug-likeness (QED) is 0.798. The van der Waals surface area contributed by atoms with Gasteiger partial charge in [-0.3, -0.25) is 0 Å². The van der Waals surface area contributed by atoms with Gasteiger partial charge in [-0.2, -0.15) is 0 Å². The molecule has 0 amide bonds. The molecule has 1 aliphatic heterocycles. The normalized spacial score (nSPS) is 21.1. The van der Waals surface area contributed by atoms with Crippen LogP contribution < -0.4 is 5.32 Å². The highest BCUT2D eigenvalue weighted by Crippen LogP contribution is 2.28. The maximum atomic E-state index is 6.38. The van der Waals surface area contributed by atoms with Gasteiger partial charge in [0.25, 0.3) is 0 Å². The molecule has 1 saturated heterocycles. The molecule has 21 heavy (non-hydrogen) atoms. The lowest BCUT2D eigenvalue weighted by Gasteiger charge is -2.29. The van der Waals surface area contributed by atoms with E-state index in [1.54, 1.807) is 0 Å². The molecule has 3 heteroatoms. The van der Waals surface area contributed by atoms with Gasteiger partial charge in [0.05, 0.1) is 0 Å². The van der Waals surface area contributed by atoms with E-state index in [2.05, 4.69) is 43.1 Å². The lowest BCUT2D eigenvalue weighted by atomic mass is 10.00. The van der Waals surface area contributed by atoms with Gasteiger partial charge in [-0.25, -0.2) is 0 Å². The smallest absolute Gasteiger partial charge is 0.0453 e. The maximum Gasteiger partial charge on any atom is 0.0453 e. The van der Waals surface area contributed by atoms with Crippen LogP contribution in [0.25, 0.3) is 0 Å². The molecule has 2 unspecified atom stereocenters. The molecule has 0 radical (unpaired) electrons. The highest BCUT2D eigenvalue weighted by atomic mass is 35.5. The van der Waals surface area contributed by atoms with Crippen LogP contribution in [0.15, 0.2) is 24.3 Å². The van der Waals surface area contributed by atoms with E-state index in [9.17, 15) is 0 Å². The summed E-state index contributed by atoms with van der Waals surface area (Å²) >= 11 is 6.38. The number of rotatable bonds is 7. The van der Waals surface area contributed by atoms with Gasteiger partial charge in [-0.05, 0) is 49.9 Å². The zero-order valence-electron chi connectivity index (χ0n) is 13.6. The number of benzene rings is 1. The Hall–Kier alpha value is -0.570. The van der Waals surface area contributed by atoms with E-state index >= 15 is 0 Å². The van der Waals surface area contributed by atoms with E-state index < -0.39 is 0 Å². The average molecular weight is 309 g/mol. The van der Waals surface area contributed by atoms with Crippen molar-refractivity contribution in [1.82, 2.24) is 10.2 Å². The second kappa shape index (κ2) is 8.17. The predicted molar refractivity (Wildman–Crippen MR) is 91.9 cm³/mol. The molecular weight excluding hydrogens is 280 g/mol. The fourth-order valence-electron chi connectivity index (χ4n) is 3.55. The van der Waals surface area contributed by atoms with Crippen molar-refractivity contribution in [3.63, 3.8) is 0 Å². The third-order valence-corrected chi connectivity index (χ3v) is 4.96. The first-order valence-electron chi connectivity index (χ1n) is 8.35. The van der Waals surface area contributed by atoms with Gasteiger partial charge in [0.2, 0.25) is 0 Å². The standard InChI is InChI=1S/C18H29ClN2/c1-4-20-17(15-8-5-6-9-16(15)19)11-13-21-12-7-10-18(21)14(2)3/h5-6,8-9,14,17-18,20H,4,7,10-13H2,1-3H3. The first-order chi connectivity index (χ1) is 10.1. The molecule has 0 aliphatic carbocycles. The van der Waals surface area contributed by atoms with Gasteiger partial charge >= 0.3 is 0 Å². The molecule has 1 heterocycles. The first-order valence-corrected chi connectivity index (χ1v) is 8.73. The van der Waals surface area contributed by atoms with Crippen molar-refractivity contribution in [2.75, 3.05) is 19.6 Å². The predicted octanol–water partition coefficient (Wildman–Crippen LogP) is 4.50. The van der Waals surface area contributed by atoms with Crippen LogP contribution in [0.5, 0.6) is 0 Å². The number of nitrogens with one attached hydrogen (secondary N) is 1. The van der Waals surface area contributed by atoms with Gasteiger partial charge in [0.1, 0.15) is 0 Å². The van der Waals surface area contributed by atoms with Crippen LogP contribution in [0, 0.1) is 5.92 Å². The largest absolute Gasteiger partial charge is 0.310 e. The Morgan fingerprint density at radius 2 is 2.10 bits per heavy atom. The molecule has 0 aromatic heterocycles. The Morgan fingerprint density at radius 1 is 1.33 bits per heavy atom. The molecule has 1 aromatic carbocycles. The Kier molecular flexibility index (Phi) is 6.53. The Morgan fingerprint density at radius 3 is 2.76 bits per heavy atom. The minimum absolute atomic E-state index is 0.358. The fraction of sp³-hybridized carbons (Fsp3) is 0.667. The van der Waals surface area contributed by atoms with Gasteiger partial charge in [-0.15, -0.1) is 0 Å². The van der Waals surface area contributed by atoms with E-state index in [-0.39, 0.29) is 0 Å². The van der Waals surface area contributed by atoms with E-state index in [0.717, 1.165) is 36.5 Å². The third-order valence-electron chi connectivity index (χ3n) is 4.62. The molecule has 1 fully saturated rings. The van der Waals surface area contributed by atoms with E-state index in [1.165, 1.54) is 24.9 Å². The Bertz CT molecular complexity index is 433. The highest BCUT2D eigenvalue weighted by Gasteiger charge is 2.27. The van der Waals surface area contributed by atoms with Crippen LogP contribution in [-0.4, -0.2) is 30.6 Å². The molecule has 0 bridgehead atoms. The second-order valence-corrected chi connectivity index (χ2v) is 6.82. The summed E-state index contributed by atoms with van der Waals surface area (Å²) in [6, 6.07) is 9.35. The lowest BCUT2D eigenvalue weighted by molar-refractivity contribution is 0.197. The topological polar surface area (TPSA) is 15.3 Å². The van der Waals surface area contributed by atoms with Crippen molar-refractivity contribution in [2.45, 2.75) is 52.1 Å². The summed E-state index contributed by atoms with van der Waals surface area (Å²) < 4.78 is 0. The lowest BCUT2D eigenvalue weighted by Crippen LogP contribution is -2.36. The molecule has 2 atom stereocenters. The highest BCUT2D eigenvalue weighted by molar-refractivity contribution is 6.31. The number of likely N-dealkylation sites (tertiary alicyclic amines) is 1. The second-order valence-electron chi connectivity index (χ2n) is 6.41. The monoisotopic (exact) mass is 308 g/mol. The van der Waals surface area contributed by atoms with Crippen molar-refractivity contribution in [3.05, 3.63) is 34.9 Å². The van der Waals surface area contributed by atoms with Crippen molar-refractivity contribution in [3.8, 4) is 0 Å². The number of hydrogen-bond donors (Lipinski definition) is 1. The fourth-order valence-corrected chi connectivity index (χ4v) is 3.82. The number of halogens is 1. The Labute approximate surface area is 134 Å². The summed E-state index contributed by atoms with van der Waals surface area (Å²) in [5.74, 6) is 0.755. The zero-order chi connectivity index (χ0) is 15.2. The minimum atomic E-state index is 0.358. The molecule has 0 spiro atoms. The molecule has 0 saturated carbocycles. The zero-order valence-corrected chi connectivity index (χ0v) is 14.4. The van der Waals surface area contributed by atoms with Crippen molar-refractivity contribution in [1.29, 1.82) is 0 Å². The summed E-state index contributed by atoms with van der Waals surface area (Å²) in [5, 5.41) is 4.48. The van der Waals surface area contributed by atoms with Crippen LogP contribution in [-0.2, 0) is 0 Å². The molecule has 1 N–H and O–H groups in total. The number of hydrogen-bond acceptors (Lipinski definition) is 2. The SMILES string of the molecule is CCNC(CCN1CCCC1C(C)C)c1ccccc1Cl. The average Bonchev–Trinajstić information content (AvgIpc) is 2.93. The maximum absolute atomic E-state index is 6.38. The Balaban J connectivity index is 1.99. The van der Waals surface area contributed by atoms with Gasteiger partial charge in [0, 0.05) is 23.7 Å². The van der Waals surface area contributed by atoms with Crippen molar-refractivity contribution < 1.29 is 0 Å². The molecule has 2 nitrogen and oxygen atoms in total. The van der Waals surface area contributed by atoms with Gasteiger partial charge in [0.15, 0.2) is 0 Å². The third kappa shape index (κ3) is 4.45. The van der Waals surface area contributed by atoms with Gasteiger partial charge in [-0.1, -0.05) is 50.6 Å². The summed E-state index contributed by atoms with van der Waals surface area (Å²) in [6.45, 7) is 10.2. The molecule has 1 aromatic rings. The minimum Gasteiger partial charge on any atom is -0.310 e. The van der Waals surface area contributed by atoms with Crippen LogP contribution >= 0.6 is 11.6 Å². The van der Waals surface area contributed by atoms with Crippen LogP contribution in [0.2, 0.25) is 5.02 Å². The van der Waals surface area contributed by atoms with E-state index in [4.69, 9.17) is 11.6 Å². The number of nitrogens with zero attached hydrogens (tertiary/aromatic N) is 1. The van der Waals surface area contributed by atoms with Gasteiger partial charge < -0.3 is 10.2 Å². The molecule has 1 aliphatic rings. The van der Waals surface area contributed by atoms with E-state index in [1.807, 2.05) is 12.1 Å². The first kappa shape index (κ1) is 16.8. The van der Waals surface area contributed by atoms with Crippen molar-refractivity contribution >= 4 is 11.6 Å². The van der Waals surface area contributed by atoms with E-state index in [0.29, 0.717) is 6.04 Å². The molecule has 118 valence electrons. The summed E-state index contributed by atoms with van der Waals surface area (Å²) in [4.78, 5) is 2.67. The summed E-state index contributed by atoms with van der Waals surface area (Å²) in [7, 11) is 0. The molecule has 2 rings (SSSR count). The summed E-state index contributed by atoms with van der Waals surface area (Å²) in [5.41, 5.74) is 1.24. The summed E-state index contributed by atoms with van der Waals surface area (Å²) in [6.07, 6.45) is 3.83. The van der Waals surface area contributed by atoms with Crippen LogP contribution in [0.1, 0.15) is 51.6 Å². The van der Waals surface area contributed by atoms with Crippen molar-refractivity contribution in [2.24, 2.45) is 5.92 Å². The van der Waals surface area contributed by atoms with Crippen LogP contribution in [0.3, 0.4) is 0 Å². The molecular formula is C18H29ClN2. The van der Waals surface area contributed by atoms with Crippen LogP contribution in [0.4, 0.5) is 0 Å².